The van der Waals surface area contributed by atoms with Gasteiger partial charge in [-0.05, 0) is 49.6 Å². The fourth-order valence-corrected chi connectivity index (χ4v) is 4.46. The maximum absolute atomic E-state index is 12.1. The highest BCUT2D eigenvalue weighted by Gasteiger charge is 2.40. The molecule has 11 heteroatoms. The van der Waals surface area contributed by atoms with E-state index in [2.05, 4.69) is 6.07 Å². The van der Waals surface area contributed by atoms with Gasteiger partial charge in [0.05, 0.1) is 39.2 Å². The maximum Gasteiger partial charge on any atom is 0.303 e. The van der Waals surface area contributed by atoms with Crippen molar-refractivity contribution in [3.63, 3.8) is 0 Å². The molecular formula is C27H32N2O9. The van der Waals surface area contributed by atoms with Crippen molar-refractivity contribution in [3.8, 4) is 34.8 Å². The van der Waals surface area contributed by atoms with Gasteiger partial charge < -0.3 is 28.4 Å². The molecule has 2 aromatic rings. The van der Waals surface area contributed by atoms with E-state index in [1.165, 1.54) is 28.3 Å². The first-order valence-electron chi connectivity index (χ1n) is 12.1. The van der Waals surface area contributed by atoms with E-state index in [-0.39, 0.29) is 25.9 Å². The monoisotopic (exact) mass is 528 g/mol. The zero-order chi connectivity index (χ0) is 27.9. The minimum Gasteiger partial charge on any atom is -0.493 e. The minimum atomic E-state index is -1.28. The predicted molar refractivity (Wildman–Crippen MR) is 136 cm³/mol. The van der Waals surface area contributed by atoms with Crippen molar-refractivity contribution in [3.05, 3.63) is 52.1 Å². The van der Waals surface area contributed by atoms with Gasteiger partial charge in [-0.2, -0.15) is 5.26 Å². The maximum atomic E-state index is 12.1. The highest BCUT2D eigenvalue weighted by molar-refractivity contribution is 5.66. The Balaban J connectivity index is 1.84. The van der Waals surface area contributed by atoms with Gasteiger partial charge in [0.2, 0.25) is 5.75 Å². The SMILES string of the molecule is COc1cc(C(C)(C#N)CCC(OC(C)=O)C(CC2COc3ccccc3O2)[N+](=O)[O-])cc(OC)c1OC. The summed E-state index contributed by atoms with van der Waals surface area (Å²) in [4.78, 5) is 23.6. The van der Waals surface area contributed by atoms with Crippen LogP contribution in [0.1, 0.15) is 38.7 Å². The normalized spacial score (nSPS) is 17.2. The molecule has 4 unspecified atom stereocenters. The van der Waals surface area contributed by atoms with E-state index >= 15 is 0 Å². The van der Waals surface area contributed by atoms with Crippen LogP contribution in [0.5, 0.6) is 28.7 Å². The van der Waals surface area contributed by atoms with Gasteiger partial charge in [0, 0.05) is 11.8 Å². The molecule has 0 N–H and O–H groups in total. The molecule has 0 bridgehead atoms. The second kappa shape index (κ2) is 12.4. The van der Waals surface area contributed by atoms with Crippen molar-refractivity contribution in [2.45, 2.75) is 56.8 Å². The number of rotatable bonds is 12. The molecule has 3 rings (SSSR count). The van der Waals surface area contributed by atoms with Crippen LogP contribution in [0.2, 0.25) is 0 Å². The number of carbonyl (C=O) groups excluding carboxylic acids is 1. The quantitative estimate of drug-likeness (QED) is 0.225. The van der Waals surface area contributed by atoms with Gasteiger partial charge in [-0.1, -0.05) is 12.1 Å². The summed E-state index contributed by atoms with van der Waals surface area (Å²) < 4.78 is 33.2. The van der Waals surface area contributed by atoms with Crippen LogP contribution < -0.4 is 23.7 Å². The summed E-state index contributed by atoms with van der Waals surface area (Å²) in [5.74, 6) is 1.53. The lowest BCUT2D eigenvalue weighted by Crippen LogP contribution is -2.43. The summed E-state index contributed by atoms with van der Waals surface area (Å²) in [7, 11) is 4.42. The molecule has 1 aliphatic heterocycles. The van der Waals surface area contributed by atoms with Gasteiger partial charge >= 0.3 is 5.97 Å². The molecule has 38 heavy (non-hydrogen) atoms. The first-order chi connectivity index (χ1) is 18.1. The van der Waals surface area contributed by atoms with E-state index in [1.54, 1.807) is 43.3 Å². The summed E-state index contributed by atoms with van der Waals surface area (Å²) >= 11 is 0. The van der Waals surface area contributed by atoms with Crippen LogP contribution in [0, 0.1) is 21.4 Å². The Morgan fingerprint density at radius 3 is 2.34 bits per heavy atom. The molecule has 2 aromatic carbocycles. The minimum absolute atomic E-state index is 0.0489. The number of methoxy groups -OCH3 is 3. The van der Waals surface area contributed by atoms with E-state index in [9.17, 15) is 20.2 Å². The standard InChI is InChI=1S/C27H32N2O9/c1-17(30)37-21(20(29(31)32)14-19-15-36-22-8-6-7-9-23(22)38-19)10-11-27(2,16-28)18-12-24(33-3)26(35-5)25(13-18)34-4/h6-9,12-13,19-21H,10-11,14-15H2,1-5H3. The lowest BCUT2D eigenvalue weighted by molar-refractivity contribution is -0.536. The zero-order valence-corrected chi connectivity index (χ0v) is 22.1. The molecule has 1 heterocycles. The van der Waals surface area contributed by atoms with Gasteiger partial charge in [0.25, 0.3) is 6.04 Å². The second-order valence-corrected chi connectivity index (χ2v) is 9.13. The van der Waals surface area contributed by atoms with Gasteiger partial charge in [0.15, 0.2) is 29.1 Å². The van der Waals surface area contributed by atoms with Crippen molar-refractivity contribution >= 4 is 5.97 Å². The predicted octanol–water partition coefficient (Wildman–Crippen LogP) is 4.08. The molecule has 0 saturated carbocycles. The highest BCUT2D eigenvalue weighted by Crippen LogP contribution is 2.43. The van der Waals surface area contributed by atoms with Crippen molar-refractivity contribution < 1.29 is 38.1 Å². The van der Waals surface area contributed by atoms with Crippen LogP contribution in [0.15, 0.2) is 36.4 Å². The fourth-order valence-electron chi connectivity index (χ4n) is 4.46. The van der Waals surface area contributed by atoms with Crippen LogP contribution in [0.4, 0.5) is 0 Å². The topological polar surface area (TPSA) is 139 Å². The Kier molecular flexibility index (Phi) is 9.23. The summed E-state index contributed by atoms with van der Waals surface area (Å²) in [5, 5.41) is 22.3. The molecule has 0 amide bonds. The third kappa shape index (κ3) is 6.37. The largest absolute Gasteiger partial charge is 0.493 e. The number of hydrogen-bond acceptors (Lipinski definition) is 10. The van der Waals surface area contributed by atoms with Gasteiger partial charge in [-0.3, -0.25) is 14.9 Å². The Morgan fingerprint density at radius 1 is 1.18 bits per heavy atom. The van der Waals surface area contributed by atoms with Gasteiger partial charge in [-0.25, -0.2) is 0 Å². The molecule has 0 spiro atoms. The molecule has 11 nitrogen and oxygen atoms in total. The molecule has 0 fully saturated rings. The third-order valence-electron chi connectivity index (χ3n) is 6.57. The van der Waals surface area contributed by atoms with E-state index in [0.717, 1.165) is 0 Å². The number of fused-ring (bicyclic) bond motifs is 1. The number of benzene rings is 2. The zero-order valence-electron chi connectivity index (χ0n) is 22.1. The number of ether oxygens (including phenoxy) is 6. The number of hydrogen-bond donors (Lipinski definition) is 0. The summed E-state index contributed by atoms with van der Waals surface area (Å²) in [6.07, 6.45) is -1.56. The molecule has 0 aliphatic carbocycles. The number of nitro groups is 1. The average Bonchev–Trinajstić information content (AvgIpc) is 2.92. The highest BCUT2D eigenvalue weighted by atomic mass is 16.6. The molecule has 0 aromatic heterocycles. The lowest BCUT2D eigenvalue weighted by Gasteiger charge is -2.30. The van der Waals surface area contributed by atoms with E-state index in [4.69, 9.17) is 28.4 Å². The first-order valence-corrected chi connectivity index (χ1v) is 12.1. The van der Waals surface area contributed by atoms with Crippen LogP contribution in [-0.2, 0) is 14.9 Å². The van der Waals surface area contributed by atoms with Crippen LogP contribution in [0.3, 0.4) is 0 Å². The Bertz CT molecular complexity index is 1170. The van der Waals surface area contributed by atoms with Crippen LogP contribution >= 0.6 is 0 Å². The molecule has 1 aliphatic rings. The van der Waals surface area contributed by atoms with Crippen molar-refractivity contribution in [1.29, 1.82) is 5.26 Å². The fraction of sp³-hybridized carbons (Fsp3) is 0.481. The average molecular weight is 529 g/mol. The van der Waals surface area contributed by atoms with Gasteiger partial charge in [0.1, 0.15) is 12.7 Å². The Hall–Kier alpha value is -4.20. The number of esters is 1. The number of nitrogens with zero attached hydrogens (tertiary/aromatic N) is 2. The summed E-state index contributed by atoms with van der Waals surface area (Å²) in [6.45, 7) is 3.02. The smallest absolute Gasteiger partial charge is 0.303 e. The number of nitriles is 1. The van der Waals surface area contributed by atoms with Crippen molar-refractivity contribution in [2.75, 3.05) is 27.9 Å². The van der Waals surface area contributed by atoms with Gasteiger partial charge in [-0.15, -0.1) is 0 Å². The van der Waals surface area contributed by atoms with Crippen molar-refractivity contribution in [1.82, 2.24) is 0 Å². The number of carbonyl (C=O) groups is 1. The molecule has 0 saturated heterocycles. The Labute approximate surface area is 221 Å². The summed E-state index contributed by atoms with van der Waals surface area (Å²) in [5.41, 5.74) is -0.551. The van der Waals surface area contributed by atoms with E-state index in [1.807, 2.05) is 0 Å². The second-order valence-electron chi connectivity index (χ2n) is 9.13. The van der Waals surface area contributed by atoms with Crippen LogP contribution in [-0.4, -0.2) is 57.1 Å². The van der Waals surface area contributed by atoms with Crippen molar-refractivity contribution in [2.24, 2.45) is 0 Å². The summed E-state index contributed by atoms with van der Waals surface area (Å²) in [6, 6.07) is 11.4. The number of para-hydroxylation sites is 2. The molecular weight excluding hydrogens is 496 g/mol. The first kappa shape index (κ1) is 28.4. The molecule has 4 atom stereocenters. The molecule has 0 radical (unpaired) electrons. The van der Waals surface area contributed by atoms with E-state index < -0.39 is 34.6 Å². The molecule has 204 valence electrons. The van der Waals surface area contributed by atoms with E-state index in [0.29, 0.717) is 34.3 Å². The Morgan fingerprint density at radius 2 is 1.82 bits per heavy atom. The third-order valence-corrected chi connectivity index (χ3v) is 6.57. The lowest BCUT2D eigenvalue weighted by atomic mass is 9.78. The van der Waals surface area contributed by atoms with Crippen LogP contribution in [0.25, 0.3) is 0 Å².